The molecule has 0 saturated carbocycles. The molecule has 3 heteroatoms. The van der Waals surface area contributed by atoms with Crippen molar-refractivity contribution in [1.82, 2.24) is 4.98 Å². The average molecular weight is 240 g/mol. The molecule has 18 heavy (non-hydrogen) atoms. The van der Waals surface area contributed by atoms with Crippen LogP contribution in [-0.4, -0.2) is 16.6 Å². The molecule has 0 atom stereocenters. The van der Waals surface area contributed by atoms with Gasteiger partial charge in [0, 0.05) is 24.0 Å². The quantitative estimate of drug-likeness (QED) is 0.876. The number of aliphatic hydroxyl groups is 1. The lowest BCUT2D eigenvalue weighted by atomic mass is 10.0. The molecule has 0 bridgehead atoms. The predicted molar refractivity (Wildman–Crippen MR) is 71.9 cm³/mol. The van der Waals surface area contributed by atoms with E-state index in [0.29, 0.717) is 0 Å². The molecule has 0 unspecified atom stereocenters. The van der Waals surface area contributed by atoms with E-state index in [1.54, 1.807) is 6.20 Å². The van der Waals surface area contributed by atoms with Crippen molar-refractivity contribution in [2.24, 2.45) is 0 Å². The number of nitrogens with zero attached hydrogens (tertiary/aromatic N) is 2. The third-order valence-electron chi connectivity index (χ3n) is 3.40. The largest absolute Gasteiger partial charge is 0.392 e. The summed E-state index contributed by atoms with van der Waals surface area (Å²) in [6.07, 6.45) is 4.03. The summed E-state index contributed by atoms with van der Waals surface area (Å²) in [6, 6.07) is 12.2. The van der Waals surface area contributed by atoms with Crippen molar-refractivity contribution >= 4 is 11.5 Å². The molecule has 0 radical (unpaired) electrons. The van der Waals surface area contributed by atoms with Gasteiger partial charge in [-0.05, 0) is 30.5 Å². The minimum absolute atomic E-state index is 0.0296. The van der Waals surface area contributed by atoms with Gasteiger partial charge in [0.15, 0.2) is 0 Å². The Balaban J connectivity index is 2.08. The van der Waals surface area contributed by atoms with Gasteiger partial charge in [0.2, 0.25) is 0 Å². The highest BCUT2D eigenvalue weighted by Gasteiger charge is 2.20. The Kier molecular flexibility index (Phi) is 2.99. The summed E-state index contributed by atoms with van der Waals surface area (Å²) >= 11 is 0. The van der Waals surface area contributed by atoms with Crippen molar-refractivity contribution in [1.29, 1.82) is 0 Å². The van der Waals surface area contributed by atoms with Crippen molar-refractivity contribution < 1.29 is 5.11 Å². The number of para-hydroxylation sites is 1. The molecule has 1 aliphatic rings. The Morgan fingerprint density at radius 1 is 1.17 bits per heavy atom. The van der Waals surface area contributed by atoms with Gasteiger partial charge >= 0.3 is 0 Å². The van der Waals surface area contributed by atoms with E-state index in [1.807, 2.05) is 12.1 Å². The van der Waals surface area contributed by atoms with Gasteiger partial charge in [0.05, 0.1) is 6.61 Å². The van der Waals surface area contributed by atoms with Crippen LogP contribution in [0.4, 0.5) is 11.5 Å². The highest BCUT2D eigenvalue weighted by Crippen LogP contribution is 2.33. The summed E-state index contributed by atoms with van der Waals surface area (Å²) in [6.45, 7) is 0.989. The van der Waals surface area contributed by atoms with Crippen molar-refractivity contribution in [3.8, 4) is 0 Å². The SMILES string of the molecule is OCc1cccnc1N1CCCc2ccccc21. The number of aryl methyl sites for hydroxylation is 1. The zero-order valence-corrected chi connectivity index (χ0v) is 10.2. The van der Waals surface area contributed by atoms with Crippen LogP contribution < -0.4 is 4.90 Å². The van der Waals surface area contributed by atoms with Gasteiger partial charge in [-0.1, -0.05) is 24.3 Å². The van der Waals surface area contributed by atoms with Crippen molar-refractivity contribution in [2.75, 3.05) is 11.4 Å². The Bertz CT molecular complexity index is 554. The van der Waals surface area contributed by atoms with Crippen LogP contribution in [0.1, 0.15) is 17.5 Å². The maximum absolute atomic E-state index is 9.43. The lowest BCUT2D eigenvalue weighted by molar-refractivity contribution is 0.281. The highest BCUT2D eigenvalue weighted by atomic mass is 16.3. The van der Waals surface area contributed by atoms with Gasteiger partial charge < -0.3 is 10.0 Å². The molecule has 0 saturated heterocycles. The van der Waals surface area contributed by atoms with Gasteiger partial charge in [-0.2, -0.15) is 0 Å². The number of aliphatic hydroxyl groups excluding tert-OH is 1. The fourth-order valence-electron chi connectivity index (χ4n) is 2.55. The maximum Gasteiger partial charge on any atom is 0.138 e. The van der Waals surface area contributed by atoms with E-state index in [4.69, 9.17) is 0 Å². The number of benzene rings is 1. The van der Waals surface area contributed by atoms with Crippen LogP contribution in [0.2, 0.25) is 0 Å². The molecular weight excluding hydrogens is 224 g/mol. The molecule has 1 N–H and O–H groups in total. The molecule has 2 aromatic rings. The number of fused-ring (bicyclic) bond motifs is 1. The first-order chi connectivity index (χ1) is 8.90. The van der Waals surface area contributed by atoms with Gasteiger partial charge in [-0.3, -0.25) is 0 Å². The Morgan fingerprint density at radius 2 is 2.06 bits per heavy atom. The maximum atomic E-state index is 9.43. The number of aromatic nitrogens is 1. The van der Waals surface area contributed by atoms with E-state index >= 15 is 0 Å². The molecule has 0 spiro atoms. The van der Waals surface area contributed by atoms with E-state index in [-0.39, 0.29) is 6.61 Å². The Morgan fingerprint density at radius 3 is 2.94 bits per heavy atom. The number of hydrogen-bond donors (Lipinski definition) is 1. The number of pyridine rings is 1. The monoisotopic (exact) mass is 240 g/mol. The van der Waals surface area contributed by atoms with Crippen molar-refractivity contribution in [3.63, 3.8) is 0 Å². The Labute approximate surface area is 107 Å². The summed E-state index contributed by atoms with van der Waals surface area (Å²) < 4.78 is 0. The van der Waals surface area contributed by atoms with Gasteiger partial charge in [0.25, 0.3) is 0 Å². The zero-order chi connectivity index (χ0) is 12.4. The van der Waals surface area contributed by atoms with Crippen molar-refractivity contribution in [2.45, 2.75) is 19.4 Å². The minimum Gasteiger partial charge on any atom is -0.392 e. The summed E-state index contributed by atoms with van der Waals surface area (Å²) in [5, 5.41) is 9.43. The van der Waals surface area contributed by atoms with E-state index < -0.39 is 0 Å². The molecular formula is C15H16N2O. The molecule has 0 fully saturated rings. The van der Waals surface area contributed by atoms with E-state index in [9.17, 15) is 5.11 Å². The van der Waals surface area contributed by atoms with E-state index in [0.717, 1.165) is 30.8 Å². The Hall–Kier alpha value is -1.87. The summed E-state index contributed by atoms with van der Waals surface area (Å²) in [5.41, 5.74) is 3.46. The van der Waals surface area contributed by atoms with Crippen LogP contribution in [0.15, 0.2) is 42.6 Å². The van der Waals surface area contributed by atoms with Crippen LogP contribution >= 0.6 is 0 Å². The molecule has 1 aromatic carbocycles. The van der Waals surface area contributed by atoms with Crippen LogP contribution in [0, 0.1) is 0 Å². The third-order valence-corrected chi connectivity index (χ3v) is 3.40. The first kappa shape index (κ1) is 11.2. The number of hydrogen-bond acceptors (Lipinski definition) is 3. The molecule has 92 valence electrons. The zero-order valence-electron chi connectivity index (χ0n) is 10.2. The first-order valence-corrected chi connectivity index (χ1v) is 6.30. The second-order valence-corrected chi connectivity index (χ2v) is 4.53. The van der Waals surface area contributed by atoms with Crippen LogP contribution in [0.3, 0.4) is 0 Å². The minimum atomic E-state index is 0.0296. The molecule has 3 nitrogen and oxygen atoms in total. The highest BCUT2D eigenvalue weighted by molar-refractivity contribution is 5.67. The van der Waals surface area contributed by atoms with Gasteiger partial charge in [0.1, 0.15) is 5.82 Å². The molecule has 1 aliphatic heterocycles. The normalized spacial score (nSPS) is 14.4. The van der Waals surface area contributed by atoms with Crippen LogP contribution in [0.5, 0.6) is 0 Å². The van der Waals surface area contributed by atoms with Crippen molar-refractivity contribution in [3.05, 3.63) is 53.7 Å². The lowest BCUT2D eigenvalue weighted by Gasteiger charge is -2.31. The fraction of sp³-hybridized carbons (Fsp3) is 0.267. The van der Waals surface area contributed by atoms with Crippen LogP contribution in [0.25, 0.3) is 0 Å². The second kappa shape index (κ2) is 4.78. The fourth-order valence-corrected chi connectivity index (χ4v) is 2.55. The molecule has 0 aliphatic carbocycles. The predicted octanol–water partition coefficient (Wildman–Crippen LogP) is 2.66. The standard InChI is InChI=1S/C15H16N2O/c18-11-13-6-3-9-16-15(13)17-10-4-7-12-5-1-2-8-14(12)17/h1-3,5-6,8-9,18H,4,7,10-11H2. The summed E-state index contributed by atoms with van der Waals surface area (Å²) in [4.78, 5) is 6.65. The third kappa shape index (κ3) is 1.87. The molecule has 3 rings (SSSR count). The molecule has 0 amide bonds. The second-order valence-electron chi connectivity index (χ2n) is 4.53. The van der Waals surface area contributed by atoms with Crippen LogP contribution in [-0.2, 0) is 13.0 Å². The molecule has 1 aromatic heterocycles. The van der Waals surface area contributed by atoms with E-state index in [1.165, 1.54) is 11.3 Å². The topological polar surface area (TPSA) is 36.4 Å². The lowest BCUT2D eigenvalue weighted by Crippen LogP contribution is -2.26. The first-order valence-electron chi connectivity index (χ1n) is 6.30. The number of anilines is 2. The summed E-state index contributed by atoms with van der Waals surface area (Å²) in [7, 11) is 0. The smallest absolute Gasteiger partial charge is 0.138 e. The van der Waals surface area contributed by atoms with E-state index in [2.05, 4.69) is 34.1 Å². The summed E-state index contributed by atoms with van der Waals surface area (Å²) in [5.74, 6) is 0.882. The van der Waals surface area contributed by atoms with Gasteiger partial charge in [-0.25, -0.2) is 4.98 Å². The molecule has 2 heterocycles. The number of rotatable bonds is 2. The average Bonchev–Trinajstić information content (AvgIpc) is 2.46. The van der Waals surface area contributed by atoms with Gasteiger partial charge in [-0.15, -0.1) is 0 Å².